The third-order valence-electron chi connectivity index (χ3n) is 6.65. The second-order valence-corrected chi connectivity index (χ2v) is 8.79. The zero-order valence-electron chi connectivity index (χ0n) is 18.3. The van der Waals surface area contributed by atoms with Crippen LogP contribution in [0.4, 0.5) is 13.2 Å². The van der Waals surface area contributed by atoms with Gasteiger partial charge >= 0.3 is 6.18 Å². The second-order valence-electron chi connectivity index (χ2n) is 8.79. The molecule has 32 heavy (non-hydrogen) atoms. The summed E-state index contributed by atoms with van der Waals surface area (Å²) in [5.41, 5.74) is 0.589. The molecule has 2 saturated heterocycles. The normalized spacial score (nSPS) is 22.2. The molecule has 0 aliphatic carbocycles. The molecule has 7 heteroatoms. The average molecular weight is 447 g/mol. The molecule has 1 amide bonds. The molecule has 2 aromatic carbocycles. The summed E-state index contributed by atoms with van der Waals surface area (Å²) in [7, 11) is 1.57. The van der Waals surface area contributed by atoms with Crippen LogP contribution in [0.1, 0.15) is 46.7 Å². The Morgan fingerprint density at radius 2 is 1.75 bits per heavy atom. The highest BCUT2D eigenvalue weighted by molar-refractivity contribution is 5.94. The lowest BCUT2D eigenvalue weighted by atomic mass is 9.87. The number of likely N-dealkylation sites (tertiary alicyclic amines) is 2. The van der Waals surface area contributed by atoms with Crippen molar-refractivity contribution in [3.8, 4) is 5.75 Å². The molecule has 0 bridgehead atoms. The van der Waals surface area contributed by atoms with Gasteiger partial charge < -0.3 is 14.5 Å². The van der Waals surface area contributed by atoms with Crippen molar-refractivity contribution in [2.45, 2.75) is 31.4 Å². The number of hydrogen-bond acceptors (Lipinski definition) is 3. The molecule has 2 aliphatic heterocycles. The van der Waals surface area contributed by atoms with Crippen molar-refractivity contribution < 1.29 is 22.7 Å². The van der Waals surface area contributed by atoms with Gasteiger partial charge in [0.15, 0.2) is 0 Å². The molecule has 2 aromatic rings. The zero-order chi connectivity index (χ0) is 22.7. The maximum atomic E-state index is 13.3. The van der Waals surface area contributed by atoms with Gasteiger partial charge in [0.05, 0.1) is 12.7 Å². The first-order valence-corrected chi connectivity index (χ1v) is 11.2. The number of alkyl halides is 3. The Morgan fingerprint density at radius 3 is 2.41 bits per heavy atom. The van der Waals surface area contributed by atoms with Crippen LogP contribution in [-0.2, 0) is 6.18 Å². The Labute approximate surface area is 187 Å². The van der Waals surface area contributed by atoms with E-state index in [4.69, 9.17) is 4.74 Å². The van der Waals surface area contributed by atoms with E-state index in [1.54, 1.807) is 42.3 Å². The molecule has 2 heterocycles. The molecule has 0 N–H and O–H groups in total. The summed E-state index contributed by atoms with van der Waals surface area (Å²) in [5, 5.41) is 0. The van der Waals surface area contributed by atoms with Crippen molar-refractivity contribution >= 4 is 5.91 Å². The molecular weight excluding hydrogens is 417 g/mol. The predicted molar refractivity (Wildman–Crippen MR) is 117 cm³/mol. The van der Waals surface area contributed by atoms with Crippen LogP contribution in [0.15, 0.2) is 48.5 Å². The number of rotatable bonds is 5. The summed E-state index contributed by atoms with van der Waals surface area (Å²) in [6.45, 7) is 3.79. The van der Waals surface area contributed by atoms with Gasteiger partial charge in [-0.25, -0.2) is 0 Å². The van der Waals surface area contributed by atoms with Crippen molar-refractivity contribution in [2.24, 2.45) is 5.92 Å². The fraction of sp³-hybridized carbons (Fsp3) is 0.480. The Hall–Kier alpha value is -2.54. The largest absolute Gasteiger partial charge is 0.497 e. The summed E-state index contributed by atoms with van der Waals surface area (Å²) >= 11 is 0. The van der Waals surface area contributed by atoms with E-state index < -0.39 is 11.7 Å². The van der Waals surface area contributed by atoms with Gasteiger partial charge in [0, 0.05) is 31.1 Å². The molecule has 4 rings (SSSR count). The molecule has 4 nitrogen and oxygen atoms in total. The maximum Gasteiger partial charge on any atom is 0.416 e. The van der Waals surface area contributed by atoms with E-state index >= 15 is 0 Å². The smallest absolute Gasteiger partial charge is 0.416 e. The van der Waals surface area contributed by atoms with E-state index in [1.165, 1.54) is 18.6 Å². The molecule has 2 atom stereocenters. The van der Waals surface area contributed by atoms with E-state index in [0.29, 0.717) is 30.0 Å². The fourth-order valence-electron chi connectivity index (χ4n) is 4.94. The quantitative estimate of drug-likeness (QED) is 0.644. The van der Waals surface area contributed by atoms with Crippen LogP contribution in [0.5, 0.6) is 5.75 Å². The number of carbonyl (C=O) groups is 1. The third kappa shape index (κ3) is 5.09. The molecule has 2 fully saturated rings. The Bertz CT molecular complexity index is 924. The van der Waals surface area contributed by atoms with Crippen molar-refractivity contribution in [3.05, 3.63) is 65.2 Å². The number of ether oxygens (including phenoxy) is 1. The van der Waals surface area contributed by atoms with Crippen LogP contribution in [0.3, 0.4) is 0 Å². The van der Waals surface area contributed by atoms with E-state index in [9.17, 15) is 18.0 Å². The van der Waals surface area contributed by atoms with Gasteiger partial charge in [0.25, 0.3) is 5.91 Å². The van der Waals surface area contributed by atoms with E-state index in [1.807, 2.05) is 0 Å². The summed E-state index contributed by atoms with van der Waals surface area (Å²) in [5.74, 6) is 0.554. The van der Waals surface area contributed by atoms with Gasteiger partial charge in [-0.1, -0.05) is 24.6 Å². The van der Waals surface area contributed by atoms with Crippen molar-refractivity contribution in [3.63, 3.8) is 0 Å². The van der Waals surface area contributed by atoms with Crippen LogP contribution in [0, 0.1) is 5.92 Å². The van der Waals surface area contributed by atoms with E-state index in [2.05, 4.69) is 4.90 Å². The Balaban J connectivity index is 1.58. The third-order valence-corrected chi connectivity index (χ3v) is 6.65. The number of methoxy groups -OCH3 is 1. The summed E-state index contributed by atoms with van der Waals surface area (Å²) in [6.07, 6.45) is -0.860. The monoisotopic (exact) mass is 446 g/mol. The molecule has 0 spiro atoms. The number of carbonyl (C=O) groups excluding carboxylic acids is 1. The lowest BCUT2D eigenvalue weighted by Gasteiger charge is -2.31. The number of benzene rings is 2. The first-order chi connectivity index (χ1) is 15.3. The number of halogens is 3. The van der Waals surface area contributed by atoms with E-state index in [-0.39, 0.29) is 17.7 Å². The maximum absolute atomic E-state index is 13.3. The Morgan fingerprint density at radius 1 is 1.03 bits per heavy atom. The lowest BCUT2D eigenvalue weighted by Crippen LogP contribution is -2.36. The minimum absolute atomic E-state index is 0.0919. The van der Waals surface area contributed by atoms with Crippen LogP contribution in [-0.4, -0.2) is 55.5 Å². The second kappa shape index (κ2) is 9.53. The first kappa shape index (κ1) is 22.6. The van der Waals surface area contributed by atoms with Crippen molar-refractivity contribution in [2.75, 3.05) is 39.8 Å². The molecule has 2 aliphatic rings. The number of amides is 1. The number of hydrogen-bond donors (Lipinski definition) is 0. The van der Waals surface area contributed by atoms with Gasteiger partial charge in [-0.2, -0.15) is 13.2 Å². The minimum atomic E-state index is -4.38. The van der Waals surface area contributed by atoms with Crippen molar-refractivity contribution in [1.29, 1.82) is 0 Å². The van der Waals surface area contributed by atoms with Gasteiger partial charge in [-0.15, -0.1) is 0 Å². The van der Waals surface area contributed by atoms with Gasteiger partial charge in [0.2, 0.25) is 0 Å². The molecule has 172 valence electrons. The number of piperidine rings is 1. The fourth-order valence-corrected chi connectivity index (χ4v) is 4.94. The first-order valence-electron chi connectivity index (χ1n) is 11.2. The van der Waals surface area contributed by atoms with Crippen LogP contribution >= 0.6 is 0 Å². The standard InChI is InChI=1S/C25H29F3N2O2/c1-32-22-10-8-18(9-11-22)24(31)30-16-20(15-29-12-3-2-4-13-29)23(17-30)19-6-5-7-21(14-19)25(26,27)28/h5-11,14,20,23H,2-4,12-13,15-17H2,1H3/t20-,23+/m1/s1. The van der Waals surface area contributed by atoms with E-state index in [0.717, 1.165) is 38.5 Å². The average Bonchev–Trinajstić information content (AvgIpc) is 3.22. The van der Waals surface area contributed by atoms with Gasteiger partial charge in [-0.3, -0.25) is 4.79 Å². The lowest BCUT2D eigenvalue weighted by molar-refractivity contribution is -0.137. The highest BCUT2D eigenvalue weighted by Crippen LogP contribution is 2.37. The molecule has 0 saturated carbocycles. The molecule has 0 aromatic heterocycles. The van der Waals surface area contributed by atoms with Crippen LogP contribution in [0.2, 0.25) is 0 Å². The number of nitrogens with zero attached hydrogens (tertiary/aromatic N) is 2. The summed E-state index contributed by atoms with van der Waals surface area (Å²) in [6, 6.07) is 12.6. The van der Waals surface area contributed by atoms with Gasteiger partial charge in [0.1, 0.15) is 5.75 Å². The van der Waals surface area contributed by atoms with Crippen LogP contribution < -0.4 is 4.74 Å². The van der Waals surface area contributed by atoms with Gasteiger partial charge in [-0.05, 0) is 67.7 Å². The zero-order valence-corrected chi connectivity index (χ0v) is 18.3. The topological polar surface area (TPSA) is 32.8 Å². The highest BCUT2D eigenvalue weighted by Gasteiger charge is 2.39. The Kier molecular flexibility index (Phi) is 6.74. The predicted octanol–water partition coefficient (Wildman–Crippen LogP) is 5.06. The minimum Gasteiger partial charge on any atom is -0.497 e. The van der Waals surface area contributed by atoms with Crippen molar-refractivity contribution in [1.82, 2.24) is 9.80 Å². The SMILES string of the molecule is COc1ccc(C(=O)N2C[C@@H](CN3CCCCC3)[C@H](c3cccc(C(F)(F)F)c3)C2)cc1. The molecule has 0 unspecified atom stereocenters. The molecular formula is C25H29F3N2O2. The summed E-state index contributed by atoms with van der Waals surface area (Å²) < 4.78 is 45.2. The van der Waals surface area contributed by atoms with Crippen LogP contribution in [0.25, 0.3) is 0 Å². The highest BCUT2D eigenvalue weighted by atomic mass is 19.4. The molecule has 0 radical (unpaired) electrons. The summed E-state index contributed by atoms with van der Waals surface area (Å²) in [4.78, 5) is 17.4.